The van der Waals surface area contributed by atoms with Crippen LogP contribution in [-0.2, 0) is 17.7 Å². The van der Waals surface area contributed by atoms with Crippen molar-refractivity contribution in [2.75, 3.05) is 20.8 Å². The van der Waals surface area contributed by atoms with E-state index in [-0.39, 0.29) is 5.82 Å². The molecule has 2 aromatic rings. The summed E-state index contributed by atoms with van der Waals surface area (Å²) in [5.41, 5.74) is 4.39. The maximum atomic E-state index is 13.3. The number of ether oxygens (including phenoxy) is 1. The zero-order valence-corrected chi connectivity index (χ0v) is 11.9. The van der Waals surface area contributed by atoms with E-state index in [1.165, 1.54) is 11.6 Å². The Labute approximate surface area is 119 Å². The van der Waals surface area contributed by atoms with Gasteiger partial charge < -0.3 is 10.1 Å². The Morgan fingerprint density at radius 2 is 1.85 bits per heavy atom. The summed E-state index contributed by atoms with van der Waals surface area (Å²) in [5, 5.41) is 3.08. The van der Waals surface area contributed by atoms with Crippen molar-refractivity contribution in [1.82, 2.24) is 5.32 Å². The fourth-order valence-electron chi connectivity index (χ4n) is 2.25. The number of benzene rings is 2. The first-order chi connectivity index (χ1) is 9.74. The van der Waals surface area contributed by atoms with Crippen molar-refractivity contribution in [3.05, 3.63) is 59.4 Å². The molecule has 0 fully saturated rings. The van der Waals surface area contributed by atoms with E-state index in [1.54, 1.807) is 13.2 Å². The highest BCUT2D eigenvalue weighted by Crippen LogP contribution is 2.25. The normalized spacial score (nSPS) is 10.8. The van der Waals surface area contributed by atoms with Crippen molar-refractivity contribution in [3.8, 4) is 11.1 Å². The van der Waals surface area contributed by atoms with Gasteiger partial charge in [0.25, 0.3) is 0 Å². The highest BCUT2D eigenvalue weighted by Gasteiger charge is 2.06. The molecule has 0 aromatic heterocycles. The van der Waals surface area contributed by atoms with Crippen LogP contribution in [0.3, 0.4) is 0 Å². The van der Waals surface area contributed by atoms with E-state index in [0.717, 1.165) is 29.7 Å². The Hall–Kier alpha value is -1.71. The third-order valence-electron chi connectivity index (χ3n) is 3.29. The van der Waals surface area contributed by atoms with E-state index >= 15 is 0 Å². The quantitative estimate of drug-likeness (QED) is 0.871. The molecule has 2 aromatic carbocycles. The highest BCUT2D eigenvalue weighted by molar-refractivity contribution is 5.67. The van der Waals surface area contributed by atoms with Crippen LogP contribution in [0.5, 0.6) is 0 Å². The molecule has 3 heteroatoms. The number of methoxy groups -OCH3 is 1. The smallest absolute Gasteiger partial charge is 0.123 e. The van der Waals surface area contributed by atoms with Gasteiger partial charge in [0.05, 0.1) is 6.61 Å². The monoisotopic (exact) mass is 273 g/mol. The number of halogens is 1. The average molecular weight is 273 g/mol. The largest absolute Gasteiger partial charge is 0.384 e. The zero-order chi connectivity index (χ0) is 14.4. The predicted octanol–water partition coefficient (Wildman–Crippen LogP) is 3.40. The number of rotatable bonds is 6. The molecule has 0 saturated heterocycles. The van der Waals surface area contributed by atoms with Gasteiger partial charge in [0.1, 0.15) is 5.82 Å². The lowest BCUT2D eigenvalue weighted by atomic mass is 9.98. The third kappa shape index (κ3) is 3.65. The summed E-state index contributed by atoms with van der Waals surface area (Å²) < 4.78 is 18.4. The van der Waals surface area contributed by atoms with Crippen LogP contribution in [-0.4, -0.2) is 20.8 Å². The molecule has 2 nitrogen and oxygen atoms in total. The van der Waals surface area contributed by atoms with Crippen LogP contribution in [0.15, 0.2) is 42.5 Å². The Morgan fingerprint density at radius 1 is 1.10 bits per heavy atom. The molecule has 20 heavy (non-hydrogen) atoms. The molecule has 0 aliphatic carbocycles. The molecule has 0 radical (unpaired) electrons. The van der Waals surface area contributed by atoms with Crippen LogP contribution in [0.2, 0.25) is 0 Å². The van der Waals surface area contributed by atoms with Crippen LogP contribution in [0.1, 0.15) is 11.1 Å². The van der Waals surface area contributed by atoms with E-state index in [2.05, 4.69) is 29.6 Å². The topological polar surface area (TPSA) is 21.3 Å². The second-order valence-electron chi connectivity index (χ2n) is 4.77. The van der Waals surface area contributed by atoms with Crippen molar-refractivity contribution in [3.63, 3.8) is 0 Å². The Balaban J connectivity index is 2.26. The van der Waals surface area contributed by atoms with E-state index < -0.39 is 0 Å². The lowest BCUT2D eigenvalue weighted by Crippen LogP contribution is -2.06. The molecule has 0 saturated carbocycles. The van der Waals surface area contributed by atoms with Crippen LogP contribution >= 0.6 is 0 Å². The molecule has 0 amide bonds. The summed E-state index contributed by atoms with van der Waals surface area (Å²) in [6.45, 7) is 1.37. The lowest BCUT2D eigenvalue weighted by Gasteiger charge is -2.10. The maximum absolute atomic E-state index is 13.3. The summed E-state index contributed by atoms with van der Waals surface area (Å²) in [6.07, 6.45) is 0.906. The summed E-state index contributed by atoms with van der Waals surface area (Å²) >= 11 is 0. The molecular weight excluding hydrogens is 253 g/mol. The number of nitrogens with one attached hydrogen (secondary N) is 1. The molecule has 0 aliphatic rings. The molecule has 0 unspecified atom stereocenters. The van der Waals surface area contributed by atoms with Gasteiger partial charge in [0, 0.05) is 13.7 Å². The highest BCUT2D eigenvalue weighted by atomic mass is 19.1. The van der Waals surface area contributed by atoms with Gasteiger partial charge in [0.2, 0.25) is 0 Å². The van der Waals surface area contributed by atoms with Crippen LogP contribution < -0.4 is 5.32 Å². The summed E-state index contributed by atoms with van der Waals surface area (Å²) in [5.74, 6) is -0.198. The second-order valence-corrected chi connectivity index (χ2v) is 4.77. The van der Waals surface area contributed by atoms with Crippen molar-refractivity contribution in [2.45, 2.75) is 13.0 Å². The fourth-order valence-corrected chi connectivity index (χ4v) is 2.25. The molecular formula is C17H20FNO. The van der Waals surface area contributed by atoms with Crippen LogP contribution in [0.4, 0.5) is 4.39 Å². The summed E-state index contributed by atoms with van der Waals surface area (Å²) in [7, 11) is 3.57. The predicted molar refractivity (Wildman–Crippen MR) is 80.2 cm³/mol. The molecule has 0 bridgehead atoms. The zero-order valence-electron chi connectivity index (χ0n) is 11.9. The van der Waals surface area contributed by atoms with Gasteiger partial charge in [0.15, 0.2) is 0 Å². The first kappa shape index (κ1) is 14.7. The molecule has 0 aliphatic heterocycles. The van der Waals surface area contributed by atoms with Gasteiger partial charge in [-0.1, -0.05) is 30.3 Å². The van der Waals surface area contributed by atoms with Crippen molar-refractivity contribution < 1.29 is 9.13 Å². The maximum Gasteiger partial charge on any atom is 0.123 e. The van der Waals surface area contributed by atoms with Gasteiger partial charge in [-0.05, 0) is 47.9 Å². The minimum atomic E-state index is -0.198. The van der Waals surface area contributed by atoms with Gasteiger partial charge in [-0.2, -0.15) is 0 Å². The average Bonchev–Trinajstić information content (AvgIpc) is 2.46. The Bertz CT molecular complexity index is 551. The molecule has 0 atom stereocenters. The summed E-state index contributed by atoms with van der Waals surface area (Å²) in [6, 6.07) is 13.3. The lowest BCUT2D eigenvalue weighted by molar-refractivity contribution is 0.202. The Kier molecular flexibility index (Phi) is 5.27. The fraction of sp³-hybridized carbons (Fsp3) is 0.294. The first-order valence-electron chi connectivity index (χ1n) is 6.76. The van der Waals surface area contributed by atoms with Gasteiger partial charge >= 0.3 is 0 Å². The van der Waals surface area contributed by atoms with Crippen LogP contribution in [0.25, 0.3) is 11.1 Å². The van der Waals surface area contributed by atoms with Crippen molar-refractivity contribution >= 4 is 0 Å². The van der Waals surface area contributed by atoms with E-state index in [4.69, 9.17) is 4.74 Å². The second kappa shape index (κ2) is 7.17. The van der Waals surface area contributed by atoms with Crippen LogP contribution in [0, 0.1) is 5.82 Å². The number of hydrogen-bond donors (Lipinski definition) is 1. The minimum Gasteiger partial charge on any atom is -0.384 e. The number of hydrogen-bond acceptors (Lipinski definition) is 2. The summed E-state index contributed by atoms with van der Waals surface area (Å²) in [4.78, 5) is 0. The van der Waals surface area contributed by atoms with Gasteiger partial charge in [-0.15, -0.1) is 0 Å². The first-order valence-corrected chi connectivity index (χ1v) is 6.76. The standard InChI is InChI=1S/C17H20FNO/c1-19-12-15-11-16(18)7-8-17(15)14-5-3-13(4-6-14)9-10-20-2/h3-8,11,19H,9-10,12H2,1-2H3. The third-order valence-corrected chi connectivity index (χ3v) is 3.29. The van der Waals surface area contributed by atoms with E-state index in [0.29, 0.717) is 6.54 Å². The van der Waals surface area contributed by atoms with E-state index in [1.807, 2.05) is 13.1 Å². The molecule has 0 heterocycles. The Morgan fingerprint density at radius 3 is 2.50 bits per heavy atom. The molecule has 106 valence electrons. The molecule has 1 N–H and O–H groups in total. The van der Waals surface area contributed by atoms with Crippen molar-refractivity contribution in [2.24, 2.45) is 0 Å². The minimum absolute atomic E-state index is 0.198. The molecule has 0 spiro atoms. The van der Waals surface area contributed by atoms with Gasteiger partial charge in [-0.3, -0.25) is 0 Å². The SMILES string of the molecule is CNCc1cc(F)ccc1-c1ccc(CCOC)cc1. The molecule has 2 rings (SSSR count). The van der Waals surface area contributed by atoms with E-state index in [9.17, 15) is 4.39 Å². The van der Waals surface area contributed by atoms with Gasteiger partial charge in [-0.25, -0.2) is 4.39 Å². The van der Waals surface area contributed by atoms with Crippen molar-refractivity contribution in [1.29, 1.82) is 0 Å².